The number of esters is 1. The number of rotatable bonds is 7. The molecule has 0 saturated carbocycles. The monoisotopic (exact) mass is 280 g/mol. The highest BCUT2D eigenvalue weighted by Crippen LogP contribution is 2.19. The molecule has 1 atom stereocenters. The van der Waals surface area contributed by atoms with Gasteiger partial charge in [0, 0.05) is 26.9 Å². The van der Waals surface area contributed by atoms with Gasteiger partial charge in [-0.1, -0.05) is 13.5 Å². The van der Waals surface area contributed by atoms with E-state index in [2.05, 4.69) is 6.58 Å². The molecule has 0 aromatic heterocycles. The number of hydrogen-bond donors (Lipinski definition) is 0. The van der Waals surface area contributed by atoms with Crippen LogP contribution < -0.4 is 0 Å². The van der Waals surface area contributed by atoms with Gasteiger partial charge in [0.25, 0.3) is 0 Å². The fourth-order valence-corrected chi connectivity index (χ4v) is 3.32. The van der Waals surface area contributed by atoms with E-state index in [1.165, 1.54) is 21.3 Å². The van der Waals surface area contributed by atoms with Crippen LogP contribution in [0.15, 0.2) is 12.2 Å². The molecule has 17 heavy (non-hydrogen) atoms. The van der Waals surface area contributed by atoms with Crippen LogP contribution in [0.5, 0.6) is 0 Å². The summed E-state index contributed by atoms with van der Waals surface area (Å²) in [6.07, 6.45) is 0.556. The smallest absolute Gasteiger partial charge is 0.454 e. The molecular formula is C10H24O5Si2. The van der Waals surface area contributed by atoms with E-state index in [9.17, 15) is 4.79 Å². The highest BCUT2D eigenvalue weighted by Gasteiger charge is 2.49. The minimum atomic E-state index is -2.94. The number of carbonyl (C=O) groups is 1. The van der Waals surface area contributed by atoms with Crippen LogP contribution >= 0.6 is 0 Å². The normalized spacial score (nSPS) is 12.5. The fourth-order valence-electron chi connectivity index (χ4n) is 1.28. The van der Waals surface area contributed by atoms with E-state index in [4.69, 9.17) is 18.0 Å². The van der Waals surface area contributed by atoms with Crippen molar-refractivity contribution in [2.75, 3.05) is 21.3 Å². The number of hydrogen-bond acceptors (Lipinski definition) is 5. The summed E-state index contributed by atoms with van der Waals surface area (Å²) >= 11 is 0. The van der Waals surface area contributed by atoms with Crippen LogP contribution in [-0.4, -0.2) is 52.8 Å². The Kier molecular flexibility index (Phi) is 9.54. The van der Waals surface area contributed by atoms with Crippen LogP contribution in [0.4, 0.5) is 0 Å². The zero-order chi connectivity index (χ0) is 12.8. The predicted octanol–water partition coefficient (Wildman–Crippen LogP) is -0.150. The predicted molar refractivity (Wildman–Crippen MR) is 73.1 cm³/mol. The Balaban J connectivity index is 0. The zero-order valence-corrected chi connectivity index (χ0v) is 11.5. The third kappa shape index (κ3) is 4.72. The van der Waals surface area contributed by atoms with Gasteiger partial charge in [0.2, 0.25) is 0 Å². The van der Waals surface area contributed by atoms with Gasteiger partial charge in [-0.2, -0.15) is 0 Å². The lowest BCUT2D eigenvalue weighted by atomic mass is 10.4. The lowest BCUT2D eigenvalue weighted by molar-refractivity contribution is -0.143. The summed E-state index contributed by atoms with van der Waals surface area (Å²) < 4.78 is 21.0. The first-order valence-electron chi connectivity index (χ1n) is 4.99. The Bertz CT molecular complexity index is 245. The Morgan fingerprint density at radius 3 is 1.88 bits per heavy atom. The van der Waals surface area contributed by atoms with Gasteiger partial charge in [0.05, 0.1) is 0 Å². The van der Waals surface area contributed by atoms with E-state index in [-0.39, 0.29) is 11.0 Å². The quantitative estimate of drug-likeness (QED) is 0.369. The first kappa shape index (κ1) is 18.9. The van der Waals surface area contributed by atoms with Crippen molar-refractivity contribution < 1.29 is 22.8 Å². The lowest BCUT2D eigenvalue weighted by Crippen LogP contribution is -2.56. The first-order chi connectivity index (χ1) is 7.47. The van der Waals surface area contributed by atoms with E-state index >= 15 is 0 Å². The third-order valence-electron chi connectivity index (χ3n) is 2.22. The molecule has 1 unspecified atom stereocenters. The number of ether oxygens (including phenoxy) is 1. The maximum absolute atomic E-state index is 11.4. The molecule has 0 aromatic rings. The minimum absolute atomic E-state index is 0. The van der Waals surface area contributed by atoms with Crippen LogP contribution in [0.2, 0.25) is 0 Å². The molecule has 0 aliphatic carbocycles. The highest BCUT2D eigenvalue weighted by molar-refractivity contribution is 6.62. The summed E-state index contributed by atoms with van der Waals surface area (Å²) in [4.78, 5) is 11.4. The van der Waals surface area contributed by atoms with Gasteiger partial charge >= 0.3 is 14.8 Å². The van der Waals surface area contributed by atoms with Crippen LogP contribution in [-0.2, 0) is 22.8 Å². The molecule has 0 aliphatic heterocycles. The molecule has 5 nitrogen and oxygen atoms in total. The van der Waals surface area contributed by atoms with E-state index in [1.807, 2.05) is 6.92 Å². The maximum Gasteiger partial charge on any atom is 0.543 e. The largest absolute Gasteiger partial charge is 0.543 e. The molecule has 0 fully saturated rings. The van der Waals surface area contributed by atoms with E-state index in [1.54, 1.807) is 6.92 Å². The second-order valence-corrected chi connectivity index (χ2v) is 6.37. The standard InChI is InChI=1S/C10H20O5Si.H4Si/c1-7-9(15-10(11)8(2)3)16(12-4,13-5)14-6;/h9H,2,7H2,1,3-6H3;1H4. The fraction of sp³-hybridized carbons (Fsp3) is 0.700. The topological polar surface area (TPSA) is 54.0 Å². The molecule has 0 aromatic carbocycles. The third-order valence-corrected chi connectivity index (χ3v) is 5.24. The second-order valence-electron chi connectivity index (χ2n) is 3.30. The van der Waals surface area contributed by atoms with E-state index < -0.39 is 20.5 Å². The van der Waals surface area contributed by atoms with Crippen molar-refractivity contribution in [2.45, 2.75) is 26.0 Å². The summed E-state index contributed by atoms with van der Waals surface area (Å²) in [5, 5.41) is 0. The van der Waals surface area contributed by atoms with Crippen molar-refractivity contribution in [1.29, 1.82) is 0 Å². The van der Waals surface area contributed by atoms with Gasteiger partial charge in [0.1, 0.15) is 0 Å². The van der Waals surface area contributed by atoms with Gasteiger partial charge in [-0.05, 0) is 24.3 Å². The zero-order valence-electron chi connectivity index (χ0n) is 10.5. The van der Waals surface area contributed by atoms with Crippen molar-refractivity contribution in [2.24, 2.45) is 0 Å². The lowest BCUT2D eigenvalue weighted by Gasteiger charge is -2.31. The molecule has 0 radical (unpaired) electrons. The molecular weight excluding hydrogens is 256 g/mol. The summed E-state index contributed by atoms with van der Waals surface area (Å²) in [6, 6.07) is 0. The molecule has 0 aliphatic rings. The Labute approximate surface area is 108 Å². The second kappa shape index (κ2) is 8.59. The van der Waals surface area contributed by atoms with E-state index in [0.717, 1.165) is 0 Å². The van der Waals surface area contributed by atoms with Crippen molar-refractivity contribution in [3.63, 3.8) is 0 Å². The minimum Gasteiger partial charge on any atom is -0.454 e. The summed E-state index contributed by atoms with van der Waals surface area (Å²) in [5.41, 5.74) is -0.179. The maximum atomic E-state index is 11.4. The van der Waals surface area contributed by atoms with Crippen molar-refractivity contribution in [1.82, 2.24) is 0 Å². The average molecular weight is 280 g/mol. The van der Waals surface area contributed by atoms with Crippen molar-refractivity contribution in [3.8, 4) is 0 Å². The average Bonchev–Trinajstić information content (AvgIpc) is 2.29. The summed E-state index contributed by atoms with van der Waals surface area (Å²) in [7, 11) is 1.51. The summed E-state index contributed by atoms with van der Waals surface area (Å²) in [6.45, 7) is 6.98. The molecule has 0 amide bonds. The van der Waals surface area contributed by atoms with Gasteiger partial charge in [-0.3, -0.25) is 0 Å². The molecule has 0 rings (SSSR count). The first-order valence-corrected chi connectivity index (χ1v) is 6.79. The van der Waals surface area contributed by atoms with Crippen molar-refractivity contribution in [3.05, 3.63) is 12.2 Å². The Morgan fingerprint density at radius 1 is 1.24 bits per heavy atom. The van der Waals surface area contributed by atoms with Crippen LogP contribution in [0.1, 0.15) is 20.3 Å². The SMILES string of the molecule is C=C(C)C(=O)OC(CC)[Si](OC)(OC)OC.[SiH4]. The van der Waals surface area contributed by atoms with E-state index in [0.29, 0.717) is 12.0 Å². The molecule has 7 heteroatoms. The van der Waals surface area contributed by atoms with Crippen molar-refractivity contribution >= 4 is 25.7 Å². The summed E-state index contributed by atoms with van der Waals surface area (Å²) in [5.74, 6) is -0.463. The number of carbonyl (C=O) groups excluding carboxylic acids is 1. The molecule has 0 N–H and O–H groups in total. The molecule has 0 spiro atoms. The highest BCUT2D eigenvalue weighted by atomic mass is 28.4. The Hall–Kier alpha value is -0.476. The van der Waals surface area contributed by atoms with Crippen LogP contribution in [0.25, 0.3) is 0 Å². The molecule has 0 saturated heterocycles. The van der Waals surface area contributed by atoms with Gasteiger partial charge in [-0.25, -0.2) is 4.79 Å². The molecule has 0 bridgehead atoms. The van der Waals surface area contributed by atoms with Crippen LogP contribution in [0, 0.1) is 0 Å². The Morgan fingerprint density at radius 2 is 1.65 bits per heavy atom. The van der Waals surface area contributed by atoms with Gasteiger partial charge < -0.3 is 18.0 Å². The van der Waals surface area contributed by atoms with Gasteiger partial charge in [-0.15, -0.1) is 0 Å². The van der Waals surface area contributed by atoms with Gasteiger partial charge in [0.15, 0.2) is 5.73 Å². The molecule has 0 heterocycles. The van der Waals surface area contributed by atoms with Crippen LogP contribution in [0.3, 0.4) is 0 Å². The molecule has 102 valence electrons.